The third kappa shape index (κ3) is 4.11. The van der Waals surface area contributed by atoms with Gasteiger partial charge < -0.3 is 15.0 Å². The monoisotopic (exact) mass is 419 g/mol. The number of nitrogens with one attached hydrogen (secondary N) is 1. The SMILES string of the molecule is O=C([C@@H]1CCOC1)N1CCc2nc(-c3ccncc3)nc(Nc3cccc(F)c3)c2C1. The molecular weight excluding hydrogens is 397 g/mol. The maximum absolute atomic E-state index is 13.7. The molecule has 1 aromatic carbocycles. The molecule has 0 unspecified atom stereocenters. The number of fused-ring (bicyclic) bond motifs is 1. The Morgan fingerprint density at radius 1 is 1.19 bits per heavy atom. The third-order valence-corrected chi connectivity index (χ3v) is 5.68. The van der Waals surface area contributed by atoms with Crippen LogP contribution in [0.15, 0.2) is 48.8 Å². The second-order valence-electron chi connectivity index (χ2n) is 7.76. The van der Waals surface area contributed by atoms with E-state index < -0.39 is 0 Å². The Bertz CT molecular complexity index is 1100. The molecule has 1 atom stereocenters. The first-order chi connectivity index (χ1) is 15.2. The van der Waals surface area contributed by atoms with Crippen LogP contribution >= 0.6 is 0 Å². The summed E-state index contributed by atoms with van der Waals surface area (Å²) in [5.74, 6) is 0.850. The van der Waals surface area contributed by atoms with Crippen LogP contribution in [-0.2, 0) is 22.5 Å². The molecule has 31 heavy (non-hydrogen) atoms. The van der Waals surface area contributed by atoms with Crippen molar-refractivity contribution in [1.82, 2.24) is 19.9 Å². The van der Waals surface area contributed by atoms with Gasteiger partial charge in [-0.3, -0.25) is 9.78 Å². The summed E-state index contributed by atoms with van der Waals surface area (Å²) < 4.78 is 19.1. The summed E-state index contributed by atoms with van der Waals surface area (Å²) in [6.45, 7) is 2.13. The lowest BCUT2D eigenvalue weighted by Gasteiger charge is -2.31. The molecule has 1 amide bonds. The van der Waals surface area contributed by atoms with Gasteiger partial charge in [0, 0.05) is 48.8 Å². The minimum Gasteiger partial charge on any atom is -0.381 e. The van der Waals surface area contributed by atoms with Crippen molar-refractivity contribution < 1.29 is 13.9 Å². The van der Waals surface area contributed by atoms with Crippen molar-refractivity contribution in [3.8, 4) is 11.4 Å². The van der Waals surface area contributed by atoms with Crippen LogP contribution in [0.25, 0.3) is 11.4 Å². The lowest BCUT2D eigenvalue weighted by Crippen LogP contribution is -2.40. The number of rotatable bonds is 4. The van der Waals surface area contributed by atoms with Gasteiger partial charge in [0.2, 0.25) is 5.91 Å². The first-order valence-corrected chi connectivity index (χ1v) is 10.4. The Labute approximate surface area is 179 Å². The quantitative estimate of drug-likeness (QED) is 0.699. The molecule has 0 aliphatic carbocycles. The largest absolute Gasteiger partial charge is 0.381 e. The van der Waals surface area contributed by atoms with Gasteiger partial charge in [0.15, 0.2) is 5.82 Å². The van der Waals surface area contributed by atoms with Crippen LogP contribution in [0.4, 0.5) is 15.9 Å². The topological polar surface area (TPSA) is 80.2 Å². The van der Waals surface area contributed by atoms with Gasteiger partial charge in [-0.05, 0) is 36.8 Å². The van der Waals surface area contributed by atoms with Crippen LogP contribution in [0.3, 0.4) is 0 Å². The molecule has 7 nitrogen and oxygen atoms in total. The summed E-state index contributed by atoms with van der Waals surface area (Å²) in [7, 11) is 0. The molecule has 4 heterocycles. The van der Waals surface area contributed by atoms with Gasteiger partial charge in [0.25, 0.3) is 0 Å². The molecule has 158 valence electrons. The highest BCUT2D eigenvalue weighted by Gasteiger charge is 2.32. The van der Waals surface area contributed by atoms with Crippen molar-refractivity contribution in [2.24, 2.45) is 5.92 Å². The Kier molecular flexibility index (Phi) is 5.30. The molecule has 0 saturated carbocycles. The highest BCUT2D eigenvalue weighted by molar-refractivity contribution is 5.80. The van der Waals surface area contributed by atoms with E-state index in [0.29, 0.717) is 50.1 Å². The standard InChI is InChI=1S/C23H22FN5O2/c24-17-2-1-3-18(12-17)26-22-19-13-29(23(30)16-7-11-31-14-16)10-6-20(19)27-21(28-22)15-4-8-25-9-5-15/h1-5,8-9,12,16H,6-7,10-11,13-14H2,(H,26,27,28)/t16-/m1/s1. The number of carbonyl (C=O) groups excluding carboxylic acids is 1. The van der Waals surface area contributed by atoms with Gasteiger partial charge in [-0.2, -0.15) is 0 Å². The van der Waals surface area contributed by atoms with Gasteiger partial charge in [0.1, 0.15) is 11.6 Å². The van der Waals surface area contributed by atoms with Crippen molar-refractivity contribution in [3.05, 3.63) is 65.9 Å². The number of aromatic nitrogens is 3. The fourth-order valence-electron chi connectivity index (χ4n) is 4.03. The van der Waals surface area contributed by atoms with E-state index in [1.807, 2.05) is 17.0 Å². The van der Waals surface area contributed by atoms with Gasteiger partial charge >= 0.3 is 0 Å². The Morgan fingerprint density at radius 2 is 2.06 bits per heavy atom. The number of hydrogen-bond donors (Lipinski definition) is 1. The number of benzene rings is 1. The van der Waals surface area contributed by atoms with E-state index in [4.69, 9.17) is 14.7 Å². The number of halogens is 1. The number of hydrogen-bond acceptors (Lipinski definition) is 6. The number of anilines is 2. The van der Waals surface area contributed by atoms with Crippen LogP contribution in [0.2, 0.25) is 0 Å². The van der Waals surface area contributed by atoms with E-state index in [1.54, 1.807) is 24.5 Å². The maximum atomic E-state index is 13.7. The van der Waals surface area contributed by atoms with E-state index in [-0.39, 0.29) is 17.6 Å². The molecule has 2 aliphatic rings. The smallest absolute Gasteiger partial charge is 0.228 e. The average Bonchev–Trinajstić information content (AvgIpc) is 3.34. The summed E-state index contributed by atoms with van der Waals surface area (Å²) in [5, 5.41) is 3.24. The molecule has 2 aliphatic heterocycles. The van der Waals surface area contributed by atoms with E-state index in [2.05, 4.69) is 10.3 Å². The van der Waals surface area contributed by atoms with Gasteiger partial charge in [-0.25, -0.2) is 14.4 Å². The predicted molar refractivity (Wildman–Crippen MR) is 113 cm³/mol. The van der Waals surface area contributed by atoms with Crippen molar-refractivity contribution >= 4 is 17.4 Å². The summed E-state index contributed by atoms with van der Waals surface area (Å²) in [6, 6.07) is 9.95. The van der Waals surface area contributed by atoms with Crippen molar-refractivity contribution in [1.29, 1.82) is 0 Å². The Morgan fingerprint density at radius 3 is 2.84 bits per heavy atom. The Hall–Kier alpha value is -3.39. The minimum absolute atomic E-state index is 0.0850. The van der Waals surface area contributed by atoms with Crippen LogP contribution in [0.1, 0.15) is 17.7 Å². The lowest BCUT2D eigenvalue weighted by molar-refractivity contribution is -0.136. The van der Waals surface area contributed by atoms with Gasteiger partial charge in [-0.1, -0.05) is 6.07 Å². The van der Waals surface area contributed by atoms with Crippen LogP contribution in [-0.4, -0.2) is 45.5 Å². The molecule has 3 aromatic rings. The summed E-state index contributed by atoms with van der Waals surface area (Å²) >= 11 is 0. The number of carbonyl (C=O) groups is 1. The zero-order valence-electron chi connectivity index (χ0n) is 16.9. The molecule has 5 rings (SSSR count). The van der Waals surface area contributed by atoms with Crippen molar-refractivity contribution in [3.63, 3.8) is 0 Å². The number of ether oxygens (including phenoxy) is 1. The first kappa shape index (κ1) is 19.6. The molecule has 8 heteroatoms. The summed E-state index contributed by atoms with van der Waals surface area (Å²) in [5.41, 5.74) is 3.20. The van der Waals surface area contributed by atoms with Crippen LogP contribution in [0.5, 0.6) is 0 Å². The highest BCUT2D eigenvalue weighted by atomic mass is 19.1. The number of pyridine rings is 1. The maximum Gasteiger partial charge on any atom is 0.228 e. The van der Waals surface area contributed by atoms with Crippen LogP contribution in [0, 0.1) is 11.7 Å². The fourth-order valence-corrected chi connectivity index (χ4v) is 4.03. The molecule has 2 aromatic heterocycles. The fraction of sp³-hybridized carbons (Fsp3) is 0.304. The third-order valence-electron chi connectivity index (χ3n) is 5.68. The number of amides is 1. The molecule has 0 spiro atoms. The number of nitrogens with zero attached hydrogens (tertiary/aromatic N) is 4. The molecule has 1 N–H and O–H groups in total. The van der Waals surface area contributed by atoms with Crippen molar-refractivity contribution in [2.75, 3.05) is 25.1 Å². The average molecular weight is 419 g/mol. The molecular formula is C23H22FN5O2. The second kappa shape index (κ2) is 8.39. The van der Waals surface area contributed by atoms with Gasteiger partial charge in [-0.15, -0.1) is 0 Å². The predicted octanol–water partition coefficient (Wildman–Crippen LogP) is 3.34. The van der Waals surface area contributed by atoms with E-state index >= 15 is 0 Å². The second-order valence-corrected chi connectivity index (χ2v) is 7.76. The van der Waals surface area contributed by atoms with Crippen LogP contribution < -0.4 is 5.32 Å². The zero-order valence-corrected chi connectivity index (χ0v) is 16.9. The molecule has 1 saturated heterocycles. The zero-order chi connectivity index (χ0) is 21.2. The highest BCUT2D eigenvalue weighted by Crippen LogP contribution is 2.30. The summed E-state index contributed by atoms with van der Waals surface area (Å²) in [6.07, 6.45) is 4.78. The Balaban J connectivity index is 1.51. The minimum atomic E-state index is -0.333. The molecule has 1 fully saturated rings. The van der Waals surface area contributed by atoms with Gasteiger partial charge in [0.05, 0.1) is 24.8 Å². The normalized spacial score (nSPS) is 18.0. The van der Waals surface area contributed by atoms with E-state index in [9.17, 15) is 9.18 Å². The van der Waals surface area contributed by atoms with E-state index in [1.165, 1.54) is 12.1 Å². The molecule has 0 radical (unpaired) electrons. The lowest BCUT2D eigenvalue weighted by atomic mass is 10.0. The first-order valence-electron chi connectivity index (χ1n) is 10.4. The van der Waals surface area contributed by atoms with E-state index in [0.717, 1.165) is 23.2 Å². The molecule has 0 bridgehead atoms. The van der Waals surface area contributed by atoms with Crippen molar-refractivity contribution in [2.45, 2.75) is 19.4 Å². The summed E-state index contributed by atoms with van der Waals surface area (Å²) in [4.78, 5) is 28.4.